The SMILES string of the molecule is CC1=C(C)Cn2c(=O)n(-c3cc(Cl)cc(Cl)c3)c(=O)n2C1. The lowest BCUT2D eigenvalue weighted by Gasteiger charge is -2.18. The van der Waals surface area contributed by atoms with E-state index in [1.165, 1.54) is 9.36 Å². The molecule has 1 aliphatic heterocycles. The maximum atomic E-state index is 12.5. The molecule has 2 heterocycles. The molecule has 0 saturated carbocycles. The molecule has 0 amide bonds. The minimum absolute atomic E-state index is 0.378. The zero-order valence-electron chi connectivity index (χ0n) is 11.6. The predicted molar refractivity (Wildman–Crippen MR) is 82.7 cm³/mol. The third-order valence-corrected chi connectivity index (χ3v) is 4.16. The third-order valence-electron chi connectivity index (χ3n) is 3.72. The van der Waals surface area contributed by atoms with Crippen LogP contribution in [0.5, 0.6) is 0 Å². The Hall–Kier alpha value is -1.72. The van der Waals surface area contributed by atoms with Crippen LogP contribution in [-0.4, -0.2) is 13.9 Å². The van der Waals surface area contributed by atoms with Gasteiger partial charge in [0.05, 0.1) is 18.8 Å². The maximum Gasteiger partial charge on any atom is 0.352 e. The first-order valence-corrected chi connectivity index (χ1v) is 7.18. The summed E-state index contributed by atoms with van der Waals surface area (Å²) in [6.45, 7) is 4.76. The maximum absolute atomic E-state index is 12.5. The number of allylic oxidation sites excluding steroid dienone is 2. The average molecular weight is 326 g/mol. The van der Waals surface area contributed by atoms with Crippen molar-refractivity contribution in [3.63, 3.8) is 0 Å². The van der Waals surface area contributed by atoms with Gasteiger partial charge < -0.3 is 0 Å². The summed E-state index contributed by atoms with van der Waals surface area (Å²) >= 11 is 11.9. The highest BCUT2D eigenvalue weighted by Gasteiger charge is 2.21. The quantitative estimate of drug-likeness (QED) is 0.756. The molecule has 0 saturated heterocycles. The molecule has 0 aliphatic carbocycles. The van der Waals surface area contributed by atoms with Crippen LogP contribution < -0.4 is 11.4 Å². The van der Waals surface area contributed by atoms with Crippen LogP contribution in [0, 0.1) is 0 Å². The molecule has 0 atom stereocenters. The van der Waals surface area contributed by atoms with Crippen LogP contribution in [0.2, 0.25) is 10.0 Å². The Kier molecular flexibility index (Phi) is 3.34. The smallest absolute Gasteiger partial charge is 0.245 e. The molecule has 0 spiro atoms. The van der Waals surface area contributed by atoms with Gasteiger partial charge in [-0.3, -0.25) is 0 Å². The zero-order chi connectivity index (χ0) is 15.3. The van der Waals surface area contributed by atoms with Crippen molar-refractivity contribution in [2.45, 2.75) is 26.9 Å². The van der Waals surface area contributed by atoms with Crippen molar-refractivity contribution in [2.75, 3.05) is 0 Å². The topological polar surface area (TPSA) is 48.9 Å². The Morgan fingerprint density at radius 2 is 1.29 bits per heavy atom. The monoisotopic (exact) mass is 325 g/mol. The second-order valence-electron chi connectivity index (χ2n) is 5.20. The van der Waals surface area contributed by atoms with Gasteiger partial charge in [0.2, 0.25) is 0 Å². The molecule has 0 unspecified atom stereocenters. The van der Waals surface area contributed by atoms with Crippen LogP contribution in [0.4, 0.5) is 0 Å². The molecule has 7 heteroatoms. The molecule has 1 aromatic carbocycles. The fraction of sp³-hybridized carbons (Fsp3) is 0.286. The number of rotatable bonds is 1. The van der Waals surface area contributed by atoms with E-state index in [1.807, 2.05) is 13.8 Å². The Balaban J connectivity index is 2.26. The Morgan fingerprint density at radius 1 is 0.857 bits per heavy atom. The number of nitrogens with zero attached hydrogens (tertiary/aromatic N) is 3. The first-order chi connectivity index (χ1) is 9.88. The Morgan fingerprint density at radius 3 is 1.71 bits per heavy atom. The highest BCUT2D eigenvalue weighted by molar-refractivity contribution is 6.34. The standard InChI is InChI=1S/C14H13Cl2N3O2/c1-8-6-17-13(20)19(14(21)18(17)7-9(8)2)12-4-10(15)3-11(16)5-12/h3-5H,6-7H2,1-2H3. The van der Waals surface area contributed by atoms with Crippen molar-refractivity contribution in [1.82, 2.24) is 13.9 Å². The molecular weight excluding hydrogens is 313 g/mol. The first-order valence-electron chi connectivity index (χ1n) is 6.43. The van der Waals surface area contributed by atoms with E-state index >= 15 is 0 Å². The van der Waals surface area contributed by atoms with E-state index in [0.717, 1.165) is 15.7 Å². The van der Waals surface area contributed by atoms with E-state index in [1.54, 1.807) is 18.2 Å². The highest BCUT2D eigenvalue weighted by Crippen LogP contribution is 2.20. The van der Waals surface area contributed by atoms with Crippen LogP contribution in [0.25, 0.3) is 5.69 Å². The van der Waals surface area contributed by atoms with Gasteiger partial charge >= 0.3 is 11.4 Å². The van der Waals surface area contributed by atoms with Gasteiger partial charge in [-0.05, 0) is 32.0 Å². The molecule has 1 aliphatic rings. The number of aromatic nitrogens is 3. The van der Waals surface area contributed by atoms with E-state index in [2.05, 4.69) is 0 Å². The normalized spacial score (nSPS) is 14.5. The van der Waals surface area contributed by atoms with Gasteiger partial charge in [-0.15, -0.1) is 0 Å². The lowest BCUT2D eigenvalue weighted by Crippen LogP contribution is -2.31. The van der Waals surface area contributed by atoms with Crippen LogP contribution in [0.1, 0.15) is 13.8 Å². The van der Waals surface area contributed by atoms with Crippen LogP contribution in [0.15, 0.2) is 38.9 Å². The van der Waals surface area contributed by atoms with Gasteiger partial charge in [-0.25, -0.2) is 23.5 Å². The van der Waals surface area contributed by atoms with E-state index < -0.39 is 0 Å². The lowest BCUT2D eigenvalue weighted by atomic mass is 10.1. The van der Waals surface area contributed by atoms with Gasteiger partial charge in [0.15, 0.2) is 0 Å². The highest BCUT2D eigenvalue weighted by atomic mass is 35.5. The van der Waals surface area contributed by atoms with Crippen molar-refractivity contribution in [3.05, 3.63) is 60.4 Å². The lowest BCUT2D eigenvalue weighted by molar-refractivity contribution is 0.453. The second kappa shape index (κ2) is 4.93. The molecule has 110 valence electrons. The van der Waals surface area contributed by atoms with Gasteiger partial charge in [0.1, 0.15) is 0 Å². The van der Waals surface area contributed by atoms with E-state index in [9.17, 15) is 9.59 Å². The summed E-state index contributed by atoms with van der Waals surface area (Å²) in [5.74, 6) is 0. The van der Waals surface area contributed by atoms with Crippen molar-refractivity contribution in [1.29, 1.82) is 0 Å². The van der Waals surface area contributed by atoms with Crippen molar-refractivity contribution >= 4 is 23.2 Å². The van der Waals surface area contributed by atoms with Crippen LogP contribution in [0.3, 0.4) is 0 Å². The molecule has 5 nitrogen and oxygen atoms in total. The Labute approximate surface area is 130 Å². The van der Waals surface area contributed by atoms with Gasteiger partial charge in [-0.2, -0.15) is 0 Å². The van der Waals surface area contributed by atoms with Crippen LogP contribution in [-0.2, 0) is 13.1 Å². The zero-order valence-corrected chi connectivity index (χ0v) is 13.1. The molecule has 2 aromatic rings. The molecule has 1 aromatic heterocycles. The third kappa shape index (κ3) is 2.26. The second-order valence-corrected chi connectivity index (χ2v) is 6.08. The fourth-order valence-corrected chi connectivity index (χ4v) is 2.95. The molecule has 0 radical (unpaired) electrons. The summed E-state index contributed by atoms with van der Waals surface area (Å²) in [6, 6.07) is 4.66. The number of benzene rings is 1. The van der Waals surface area contributed by atoms with Gasteiger partial charge in [0.25, 0.3) is 0 Å². The molecule has 0 bridgehead atoms. The summed E-state index contributed by atoms with van der Waals surface area (Å²) in [5.41, 5.74) is 1.80. The van der Waals surface area contributed by atoms with Gasteiger partial charge in [0, 0.05) is 10.0 Å². The van der Waals surface area contributed by atoms with Crippen molar-refractivity contribution in [2.24, 2.45) is 0 Å². The van der Waals surface area contributed by atoms with Crippen molar-refractivity contribution < 1.29 is 0 Å². The molecular formula is C14H13Cl2N3O2. The van der Waals surface area contributed by atoms with E-state index in [-0.39, 0.29) is 11.4 Å². The van der Waals surface area contributed by atoms with E-state index in [4.69, 9.17) is 23.2 Å². The summed E-state index contributed by atoms with van der Waals surface area (Å²) < 4.78 is 3.99. The van der Waals surface area contributed by atoms with E-state index in [0.29, 0.717) is 28.8 Å². The number of fused-ring (bicyclic) bond motifs is 1. The Bertz CT molecular complexity index is 821. The largest absolute Gasteiger partial charge is 0.352 e. The molecule has 0 N–H and O–H groups in total. The summed E-state index contributed by atoms with van der Waals surface area (Å²) in [5, 5.41) is 0.756. The minimum Gasteiger partial charge on any atom is -0.245 e. The summed E-state index contributed by atoms with van der Waals surface area (Å²) in [4.78, 5) is 25.0. The number of halogens is 2. The van der Waals surface area contributed by atoms with Crippen LogP contribution >= 0.6 is 23.2 Å². The summed E-state index contributed by atoms with van der Waals surface area (Å²) in [6.07, 6.45) is 0. The molecule has 0 fully saturated rings. The number of hydrogen-bond acceptors (Lipinski definition) is 2. The molecule has 3 rings (SSSR count). The number of hydrogen-bond donors (Lipinski definition) is 0. The van der Waals surface area contributed by atoms with Gasteiger partial charge in [-0.1, -0.05) is 34.3 Å². The molecule has 21 heavy (non-hydrogen) atoms. The predicted octanol–water partition coefficient (Wildman–Crippen LogP) is 2.46. The summed E-state index contributed by atoms with van der Waals surface area (Å²) in [7, 11) is 0. The first kappa shape index (κ1) is 14.2. The van der Waals surface area contributed by atoms with Crippen molar-refractivity contribution in [3.8, 4) is 5.69 Å². The fourth-order valence-electron chi connectivity index (χ4n) is 2.43. The average Bonchev–Trinajstić information content (AvgIpc) is 2.62. The minimum atomic E-state index is -0.384.